The second kappa shape index (κ2) is 12.5. The average molecular weight is 558 g/mol. The molecule has 0 heterocycles. The zero-order chi connectivity index (χ0) is 23.9. The molecule has 6 heteroatoms. The van der Waals surface area contributed by atoms with Crippen LogP contribution in [0.3, 0.4) is 0 Å². The summed E-state index contributed by atoms with van der Waals surface area (Å²) >= 11 is 0. The van der Waals surface area contributed by atoms with Gasteiger partial charge in [-0.15, -0.1) is 0 Å². The Morgan fingerprint density at radius 3 is 1.50 bits per heavy atom. The molecule has 0 unspecified atom stereocenters. The molecule has 0 aliphatic rings. The minimum absolute atomic E-state index is 0. The average Bonchev–Trinajstić information content (AvgIpc) is 2.77. The minimum Gasteiger partial charge on any atom is -1.00 e. The van der Waals surface area contributed by atoms with Crippen molar-refractivity contribution in [2.45, 2.75) is 46.0 Å². The van der Waals surface area contributed by atoms with Crippen LogP contribution in [0.5, 0.6) is 0 Å². The van der Waals surface area contributed by atoms with Gasteiger partial charge in [0.1, 0.15) is 41.2 Å². The number of carbonyl (C=O) groups excluding carboxylic acids is 1. The van der Waals surface area contributed by atoms with E-state index in [1.54, 1.807) is 0 Å². The lowest BCUT2D eigenvalue weighted by atomic mass is 10.3. The standard InChI is InChI=1S/C28H34O3PSi.BrH/c1-23(2)30-28(29)21-24(31-33(3,4)5)22-32(25-15-9-6-10-16-25,26-17-11-7-12-18-26)27-19-13-8-14-20-27;/h6-20,22-23H,21H2,1-5H3;1H/q+1;/p-1/b24-22+;. The van der Waals surface area contributed by atoms with Gasteiger partial charge >= 0.3 is 5.97 Å². The molecule has 0 radical (unpaired) electrons. The summed E-state index contributed by atoms with van der Waals surface area (Å²) in [6, 6.07) is 31.7. The van der Waals surface area contributed by atoms with E-state index in [1.165, 1.54) is 15.9 Å². The lowest BCUT2D eigenvalue weighted by molar-refractivity contribution is -0.146. The molecule has 0 bridgehead atoms. The molecule has 0 spiro atoms. The largest absolute Gasteiger partial charge is 1.00 e. The maximum Gasteiger partial charge on any atom is 0.313 e. The van der Waals surface area contributed by atoms with E-state index in [0.29, 0.717) is 5.76 Å². The Hall–Kier alpha value is -2.20. The van der Waals surface area contributed by atoms with Crippen LogP contribution < -0.4 is 32.9 Å². The number of ether oxygens (including phenoxy) is 1. The molecule has 3 aromatic rings. The normalized spacial score (nSPS) is 12.1. The maximum atomic E-state index is 12.7. The van der Waals surface area contributed by atoms with Crippen LogP contribution in [-0.2, 0) is 14.0 Å². The molecular weight excluding hydrogens is 523 g/mol. The Morgan fingerprint density at radius 2 is 1.18 bits per heavy atom. The first-order valence-corrected chi connectivity index (χ1v) is 16.6. The van der Waals surface area contributed by atoms with Crippen LogP contribution in [0.4, 0.5) is 0 Å². The predicted molar refractivity (Wildman–Crippen MR) is 144 cm³/mol. The Balaban J connectivity index is 0.00000408. The molecule has 0 aliphatic carbocycles. The van der Waals surface area contributed by atoms with Gasteiger partial charge in [0.25, 0.3) is 0 Å². The van der Waals surface area contributed by atoms with Crippen LogP contribution in [0, 0.1) is 0 Å². The first-order chi connectivity index (χ1) is 15.7. The highest BCUT2D eigenvalue weighted by atomic mass is 79.9. The Morgan fingerprint density at radius 1 is 0.794 bits per heavy atom. The van der Waals surface area contributed by atoms with Gasteiger partial charge in [0.15, 0.2) is 0 Å². The molecule has 3 aromatic carbocycles. The Bertz CT molecular complexity index is 968. The molecule has 0 N–H and O–H groups in total. The number of hydrogen-bond donors (Lipinski definition) is 0. The fourth-order valence-electron chi connectivity index (χ4n) is 3.82. The summed E-state index contributed by atoms with van der Waals surface area (Å²) in [5.41, 5.74) is 0. The Kier molecular flexibility index (Phi) is 10.3. The predicted octanol–water partition coefficient (Wildman–Crippen LogP) is 3.02. The summed E-state index contributed by atoms with van der Waals surface area (Å²) in [5, 5.41) is 3.66. The molecule has 0 aliphatic heterocycles. The molecule has 0 aromatic heterocycles. The van der Waals surface area contributed by atoms with Gasteiger partial charge in [-0.2, -0.15) is 0 Å². The highest BCUT2D eigenvalue weighted by molar-refractivity contribution is 7.98. The quantitative estimate of drug-likeness (QED) is 0.176. The minimum atomic E-state index is -2.26. The molecule has 0 atom stereocenters. The molecule has 3 rings (SSSR count). The van der Waals surface area contributed by atoms with Crippen LogP contribution in [0.1, 0.15) is 20.3 Å². The van der Waals surface area contributed by atoms with E-state index in [2.05, 4.69) is 98.3 Å². The van der Waals surface area contributed by atoms with Gasteiger partial charge in [-0.05, 0) is 69.9 Å². The zero-order valence-corrected chi connectivity index (χ0v) is 24.1. The SMILES string of the molecule is CC(C)OC(=O)C/C(=C\[P+](c1ccccc1)(c1ccccc1)c1ccccc1)O[Si](C)(C)C.[Br-]. The fourth-order valence-corrected chi connectivity index (χ4v) is 8.69. The van der Waals surface area contributed by atoms with Gasteiger partial charge in [-0.25, -0.2) is 0 Å². The third-order valence-corrected chi connectivity index (χ3v) is 9.84. The smallest absolute Gasteiger partial charge is 0.313 e. The van der Waals surface area contributed by atoms with Gasteiger partial charge < -0.3 is 26.1 Å². The Labute approximate surface area is 216 Å². The van der Waals surface area contributed by atoms with Gasteiger partial charge in [-0.1, -0.05) is 54.6 Å². The molecule has 0 amide bonds. The summed E-state index contributed by atoms with van der Waals surface area (Å²) in [5.74, 6) is 2.68. The third-order valence-electron chi connectivity index (χ3n) is 4.95. The summed E-state index contributed by atoms with van der Waals surface area (Å²) in [4.78, 5) is 12.7. The van der Waals surface area contributed by atoms with Crippen LogP contribution in [0.15, 0.2) is 103 Å². The van der Waals surface area contributed by atoms with Gasteiger partial charge in [0.05, 0.1) is 6.10 Å². The summed E-state index contributed by atoms with van der Waals surface area (Å²) in [7, 11) is -4.25. The maximum absolute atomic E-state index is 12.7. The molecule has 3 nitrogen and oxygen atoms in total. The molecule has 0 saturated carbocycles. The molecular formula is C28H34BrO3PSi. The number of rotatable bonds is 9. The van der Waals surface area contributed by atoms with E-state index in [9.17, 15) is 4.79 Å². The van der Waals surface area contributed by atoms with Crippen molar-refractivity contribution in [3.63, 3.8) is 0 Å². The van der Waals surface area contributed by atoms with E-state index < -0.39 is 15.6 Å². The number of hydrogen-bond acceptors (Lipinski definition) is 3. The lowest BCUT2D eigenvalue weighted by Crippen LogP contribution is -3.00. The van der Waals surface area contributed by atoms with Crippen molar-refractivity contribution in [2.24, 2.45) is 0 Å². The van der Waals surface area contributed by atoms with Gasteiger partial charge in [0.2, 0.25) is 8.32 Å². The third kappa shape index (κ3) is 7.40. The number of esters is 1. The van der Waals surface area contributed by atoms with E-state index >= 15 is 0 Å². The number of halogens is 1. The van der Waals surface area contributed by atoms with Crippen LogP contribution in [-0.4, -0.2) is 20.4 Å². The summed E-state index contributed by atoms with van der Waals surface area (Å²) in [6.07, 6.45) is -0.0426. The van der Waals surface area contributed by atoms with Crippen LogP contribution >= 0.6 is 7.26 Å². The fraction of sp³-hybridized carbons (Fsp3) is 0.250. The first-order valence-electron chi connectivity index (χ1n) is 11.4. The molecule has 0 saturated heterocycles. The van der Waals surface area contributed by atoms with Crippen molar-refractivity contribution in [1.29, 1.82) is 0 Å². The van der Waals surface area contributed by atoms with E-state index in [-0.39, 0.29) is 35.5 Å². The van der Waals surface area contributed by atoms with E-state index in [4.69, 9.17) is 9.16 Å². The van der Waals surface area contributed by atoms with Crippen LogP contribution in [0.2, 0.25) is 19.6 Å². The van der Waals surface area contributed by atoms with E-state index in [0.717, 1.165) is 0 Å². The van der Waals surface area contributed by atoms with Crippen molar-refractivity contribution in [3.8, 4) is 0 Å². The molecule has 34 heavy (non-hydrogen) atoms. The number of benzene rings is 3. The highest BCUT2D eigenvalue weighted by Gasteiger charge is 2.45. The van der Waals surface area contributed by atoms with Crippen molar-refractivity contribution in [2.75, 3.05) is 0 Å². The second-order valence-corrected chi connectivity index (χ2v) is 16.9. The topological polar surface area (TPSA) is 35.5 Å². The molecule has 0 fully saturated rings. The summed E-state index contributed by atoms with van der Waals surface area (Å²) < 4.78 is 12.0. The van der Waals surface area contributed by atoms with Gasteiger partial charge in [0, 0.05) is 0 Å². The zero-order valence-electron chi connectivity index (χ0n) is 20.6. The second-order valence-electron chi connectivity index (χ2n) is 9.25. The number of carbonyl (C=O) groups is 1. The van der Waals surface area contributed by atoms with Crippen molar-refractivity contribution < 1.29 is 30.9 Å². The summed E-state index contributed by atoms with van der Waals surface area (Å²) in [6.45, 7) is 10.2. The van der Waals surface area contributed by atoms with Crippen LogP contribution in [0.25, 0.3) is 0 Å². The van der Waals surface area contributed by atoms with E-state index in [1.807, 2.05) is 32.0 Å². The van der Waals surface area contributed by atoms with Crippen molar-refractivity contribution in [1.82, 2.24) is 0 Å². The monoisotopic (exact) mass is 556 g/mol. The van der Waals surface area contributed by atoms with Gasteiger partial charge in [-0.3, -0.25) is 4.79 Å². The lowest BCUT2D eigenvalue weighted by Gasteiger charge is -2.27. The molecule has 180 valence electrons. The van der Waals surface area contributed by atoms with Crippen molar-refractivity contribution >= 4 is 37.5 Å². The first kappa shape index (κ1) is 28.0. The van der Waals surface area contributed by atoms with Crippen molar-refractivity contribution in [3.05, 3.63) is 103 Å². The highest BCUT2D eigenvalue weighted by Crippen LogP contribution is 2.58.